The Morgan fingerprint density at radius 3 is 1.53 bits per heavy atom. The van der Waals surface area contributed by atoms with Gasteiger partial charge in [-0.1, -0.05) is 5.64 Å². The van der Waals surface area contributed by atoms with Crippen molar-refractivity contribution in [1.29, 1.82) is 0 Å². The van der Waals surface area contributed by atoms with Crippen molar-refractivity contribution in [3.63, 3.8) is 0 Å². The van der Waals surface area contributed by atoms with Crippen LogP contribution in [-0.4, -0.2) is 49.7 Å². The molecule has 94 valence electrons. The van der Waals surface area contributed by atoms with Gasteiger partial charge in [0, 0.05) is 26.3 Å². The van der Waals surface area contributed by atoms with Gasteiger partial charge in [-0.2, -0.15) is 0 Å². The van der Waals surface area contributed by atoms with Crippen LogP contribution >= 0.6 is 0 Å². The molecule has 0 aliphatic carbocycles. The van der Waals surface area contributed by atoms with E-state index in [1.54, 1.807) is 0 Å². The first-order chi connectivity index (χ1) is 7.33. The molecule has 0 amide bonds. The van der Waals surface area contributed by atoms with Crippen molar-refractivity contribution in [2.45, 2.75) is 12.8 Å². The maximum absolute atomic E-state index is 8.33. The van der Waals surface area contributed by atoms with E-state index in [0.29, 0.717) is 39.1 Å². The van der Waals surface area contributed by atoms with Gasteiger partial charge in [-0.05, 0) is 12.8 Å². The molecule has 7 N–H and O–H groups in total. The van der Waals surface area contributed by atoms with Gasteiger partial charge in [0.15, 0.2) is 0 Å². The Labute approximate surface area is 90.3 Å². The van der Waals surface area contributed by atoms with E-state index in [9.17, 15) is 0 Å². The predicted octanol–water partition coefficient (Wildman–Crippen LogP) is -1.89. The summed E-state index contributed by atoms with van der Waals surface area (Å²) in [4.78, 5) is 9.41. The van der Waals surface area contributed by atoms with Crippen LogP contribution in [0.4, 0.5) is 0 Å². The Kier molecular flexibility index (Phi) is 22.1. The number of hydrogen-bond acceptors (Lipinski definition) is 7. The molecule has 0 aliphatic rings. The van der Waals surface area contributed by atoms with Gasteiger partial charge in [0.05, 0.1) is 13.2 Å². The van der Waals surface area contributed by atoms with Gasteiger partial charge in [0.1, 0.15) is 0 Å². The fraction of sp³-hybridized carbons (Fsp3) is 1.00. The Morgan fingerprint density at radius 2 is 1.27 bits per heavy atom. The van der Waals surface area contributed by atoms with Gasteiger partial charge in [-0.15, -0.1) is 0 Å². The molecule has 0 aromatic heterocycles. The first-order valence-electron chi connectivity index (χ1n) is 4.93. The van der Waals surface area contributed by atoms with Crippen LogP contribution in [0.3, 0.4) is 0 Å². The SMILES string of the molecule is NCCN.OCCCONOCCCO. The second-order valence-electron chi connectivity index (χ2n) is 2.51. The van der Waals surface area contributed by atoms with Crippen LogP contribution in [0.25, 0.3) is 0 Å². The summed E-state index contributed by atoms with van der Waals surface area (Å²) in [6, 6.07) is 0. The van der Waals surface area contributed by atoms with Crippen LogP contribution in [0, 0.1) is 0 Å². The summed E-state index contributed by atoms with van der Waals surface area (Å²) in [5.41, 5.74) is 12.0. The van der Waals surface area contributed by atoms with Crippen LogP contribution in [-0.2, 0) is 9.68 Å². The molecular formula is C8H23N3O4. The Balaban J connectivity index is 0. The third-order valence-corrected chi connectivity index (χ3v) is 1.09. The van der Waals surface area contributed by atoms with Gasteiger partial charge in [-0.25, -0.2) is 0 Å². The van der Waals surface area contributed by atoms with Crippen molar-refractivity contribution in [3.05, 3.63) is 0 Å². The average molecular weight is 225 g/mol. The fourth-order valence-electron chi connectivity index (χ4n) is 0.398. The van der Waals surface area contributed by atoms with E-state index >= 15 is 0 Å². The first-order valence-corrected chi connectivity index (χ1v) is 4.93. The molecule has 0 aromatic rings. The highest BCUT2D eigenvalue weighted by atomic mass is 16.9. The van der Waals surface area contributed by atoms with Crippen molar-refractivity contribution < 1.29 is 19.9 Å². The molecule has 0 saturated heterocycles. The Morgan fingerprint density at radius 1 is 0.867 bits per heavy atom. The highest BCUT2D eigenvalue weighted by Gasteiger charge is 1.87. The van der Waals surface area contributed by atoms with E-state index < -0.39 is 0 Å². The fourth-order valence-corrected chi connectivity index (χ4v) is 0.398. The maximum Gasteiger partial charge on any atom is 0.0730 e. The molecule has 0 heterocycles. The van der Waals surface area contributed by atoms with Crippen molar-refractivity contribution >= 4 is 0 Å². The van der Waals surface area contributed by atoms with Crippen molar-refractivity contribution in [1.82, 2.24) is 5.64 Å². The molecule has 0 rings (SSSR count). The second-order valence-corrected chi connectivity index (χ2v) is 2.51. The quantitative estimate of drug-likeness (QED) is 0.229. The summed E-state index contributed by atoms with van der Waals surface area (Å²) >= 11 is 0. The molecular weight excluding hydrogens is 202 g/mol. The molecule has 0 fully saturated rings. The van der Waals surface area contributed by atoms with Gasteiger partial charge in [0.25, 0.3) is 0 Å². The molecule has 0 atom stereocenters. The average Bonchev–Trinajstić information content (AvgIpc) is 2.28. The Bertz CT molecular complexity index is 88.0. The topological polar surface area (TPSA) is 123 Å². The summed E-state index contributed by atoms with van der Waals surface area (Å²) < 4.78 is 0. The lowest BCUT2D eigenvalue weighted by atomic mass is 10.5. The zero-order valence-electron chi connectivity index (χ0n) is 9.02. The predicted molar refractivity (Wildman–Crippen MR) is 56.6 cm³/mol. The number of aliphatic hydroxyl groups excluding tert-OH is 2. The monoisotopic (exact) mass is 225 g/mol. The van der Waals surface area contributed by atoms with E-state index in [4.69, 9.17) is 31.4 Å². The van der Waals surface area contributed by atoms with Gasteiger partial charge < -0.3 is 21.7 Å². The second kappa shape index (κ2) is 19.3. The van der Waals surface area contributed by atoms with Crippen molar-refractivity contribution in [3.8, 4) is 0 Å². The highest BCUT2D eigenvalue weighted by Crippen LogP contribution is 1.79. The molecule has 0 aromatic carbocycles. The summed E-state index contributed by atoms with van der Waals surface area (Å²) in [5, 5.41) is 16.7. The van der Waals surface area contributed by atoms with E-state index in [0.717, 1.165) is 0 Å². The summed E-state index contributed by atoms with van der Waals surface area (Å²) in [6.45, 7) is 2.24. The van der Waals surface area contributed by atoms with Crippen LogP contribution in [0.2, 0.25) is 0 Å². The minimum Gasteiger partial charge on any atom is -0.396 e. The lowest BCUT2D eigenvalue weighted by Gasteiger charge is -2.03. The minimum absolute atomic E-state index is 0.109. The van der Waals surface area contributed by atoms with Crippen LogP contribution in [0.15, 0.2) is 0 Å². The molecule has 0 bridgehead atoms. The lowest BCUT2D eigenvalue weighted by Crippen LogP contribution is -2.17. The number of rotatable bonds is 9. The molecule has 0 saturated carbocycles. The third-order valence-electron chi connectivity index (χ3n) is 1.09. The molecule has 7 heteroatoms. The molecule has 0 radical (unpaired) electrons. The smallest absolute Gasteiger partial charge is 0.0730 e. The van der Waals surface area contributed by atoms with Crippen molar-refractivity contribution in [2.24, 2.45) is 11.5 Å². The Hall–Kier alpha value is -0.280. The largest absolute Gasteiger partial charge is 0.396 e. The summed E-state index contributed by atoms with van der Waals surface area (Å²) in [6.07, 6.45) is 1.16. The first kappa shape index (κ1) is 17.1. The zero-order chi connectivity index (χ0) is 11.8. The summed E-state index contributed by atoms with van der Waals surface area (Å²) in [5.74, 6) is 0. The zero-order valence-corrected chi connectivity index (χ0v) is 9.02. The molecule has 15 heavy (non-hydrogen) atoms. The van der Waals surface area contributed by atoms with E-state index in [1.165, 1.54) is 0 Å². The van der Waals surface area contributed by atoms with Crippen LogP contribution < -0.4 is 17.1 Å². The number of nitrogens with two attached hydrogens (primary N) is 2. The molecule has 0 aliphatic heterocycles. The van der Waals surface area contributed by atoms with E-state index in [1.807, 2.05) is 0 Å². The van der Waals surface area contributed by atoms with E-state index in [2.05, 4.69) is 5.64 Å². The van der Waals surface area contributed by atoms with Crippen LogP contribution in [0.1, 0.15) is 12.8 Å². The lowest BCUT2D eigenvalue weighted by molar-refractivity contribution is -0.173. The number of nitrogens with one attached hydrogen (secondary N) is 1. The standard InChI is InChI=1S/C6H15NO4.C2H8N2/c8-3-1-5-10-7-11-6-2-4-9;3-1-2-4/h7-9H,1-6H2;1-4H2. The number of aliphatic hydroxyl groups is 2. The normalized spacial score (nSPS) is 9.60. The maximum atomic E-state index is 8.33. The molecule has 0 unspecified atom stereocenters. The van der Waals surface area contributed by atoms with E-state index in [-0.39, 0.29) is 13.2 Å². The highest BCUT2D eigenvalue weighted by molar-refractivity contribution is 4.27. The summed E-state index contributed by atoms with van der Waals surface area (Å²) in [7, 11) is 0. The van der Waals surface area contributed by atoms with Gasteiger partial charge in [-0.3, -0.25) is 9.68 Å². The molecule has 0 spiro atoms. The molecule has 7 nitrogen and oxygen atoms in total. The number of hydrogen-bond donors (Lipinski definition) is 5. The van der Waals surface area contributed by atoms with Gasteiger partial charge in [0.2, 0.25) is 0 Å². The van der Waals surface area contributed by atoms with Crippen LogP contribution in [0.5, 0.6) is 0 Å². The minimum atomic E-state index is 0.109. The van der Waals surface area contributed by atoms with Crippen molar-refractivity contribution in [2.75, 3.05) is 39.5 Å². The third kappa shape index (κ3) is 24.8. The van der Waals surface area contributed by atoms with Gasteiger partial charge >= 0.3 is 0 Å².